The van der Waals surface area contributed by atoms with Crippen molar-refractivity contribution in [2.24, 2.45) is 7.05 Å². The zero-order valence-electron chi connectivity index (χ0n) is 18.2. The molecule has 1 amide bonds. The molecule has 16 heteroatoms. The lowest BCUT2D eigenvalue weighted by molar-refractivity contribution is -0.192. The Morgan fingerprint density at radius 2 is 1.97 bits per heavy atom. The van der Waals surface area contributed by atoms with E-state index in [1.807, 2.05) is 0 Å². The molecule has 0 bridgehead atoms. The average Bonchev–Trinajstić information content (AvgIpc) is 3.37. The van der Waals surface area contributed by atoms with Gasteiger partial charge in [-0.15, -0.1) is 5.10 Å². The van der Waals surface area contributed by atoms with Gasteiger partial charge in [-0.25, -0.2) is 23.1 Å². The second kappa shape index (κ2) is 10.6. The number of carbonyl (C=O) groups is 2. The number of carbonyl (C=O) groups excluding carboxylic acids is 1. The molecule has 1 fully saturated rings. The molecule has 4 heterocycles. The Kier molecular flexibility index (Phi) is 7.83. The number of amides is 1. The number of rotatable bonds is 5. The van der Waals surface area contributed by atoms with Crippen LogP contribution in [0.5, 0.6) is 0 Å². The van der Waals surface area contributed by atoms with Crippen LogP contribution < -0.4 is 16.0 Å². The van der Waals surface area contributed by atoms with E-state index in [-0.39, 0.29) is 17.4 Å². The van der Waals surface area contributed by atoms with Crippen LogP contribution in [-0.4, -0.2) is 66.7 Å². The quantitative estimate of drug-likeness (QED) is 0.389. The SMILES string of the molecule is Cn1cc(NC(=O)c2ccc3cnc(N[C@@H]4CCCNC4)nn23)c(C(F)F)n1.O=C(O)C(F)(F)F. The van der Waals surface area contributed by atoms with Gasteiger partial charge in [-0.05, 0) is 31.5 Å². The van der Waals surface area contributed by atoms with Crippen molar-refractivity contribution in [3.05, 3.63) is 35.9 Å². The smallest absolute Gasteiger partial charge is 0.475 e. The Morgan fingerprint density at radius 1 is 1.26 bits per heavy atom. The molecule has 1 aliphatic heterocycles. The van der Waals surface area contributed by atoms with Gasteiger partial charge in [0.2, 0.25) is 5.95 Å². The first-order chi connectivity index (χ1) is 16.5. The van der Waals surface area contributed by atoms with E-state index >= 15 is 0 Å². The molecule has 4 N–H and O–H groups in total. The fraction of sp³-hybridized carbons (Fsp3) is 0.421. The van der Waals surface area contributed by atoms with Gasteiger partial charge in [-0.1, -0.05) is 0 Å². The van der Waals surface area contributed by atoms with Crippen molar-refractivity contribution < 1.29 is 36.6 Å². The molecule has 0 aliphatic carbocycles. The third-order valence-electron chi connectivity index (χ3n) is 4.82. The van der Waals surface area contributed by atoms with Crippen molar-refractivity contribution >= 4 is 29.0 Å². The van der Waals surface area contributed by atoms with Crippen LogP contribution in [-0.2, 0) is 11.8 Å². The number of aromatic nitrogens is 5. The number of hydrogen-bond donors (Lipinski definition) is 4. The molecule has 11 nitrogen and oxygen atoms in total. The van der Waals surface area contributed by atoms with E-state index in [2.05, 4.69) is 31.1 Å². The number of nitrogens with one attached hydrogen (secondary N) is 3. The molecular formula is C19H21F5N8O3. The van der Waals surface area contributed by atoms with Crippen molar-refractivity contribution in [2.45, 2.75) is 31.5 Å². The van der Waals surface area contributed by atoms with Crippen LogP contribution >= 0.6 is 0 Å². The maximum atomic E-state index is 13.1. The molecule has 3 aromatic heterocycles. The van der Waals surface area contributed by atoms with Crippen LogP contribution in [0.4, 0.5) is 33.6 Å². The van der Waals surface area contributed by atoms with Crippen molar-refractivity contribution in [1.29, 1.82) is 0 Å². The summed E-state index contributed by atoms with van der Waals surface area (Å²) in [6, 6.07) is 3.48. The highest BCUT2D eigenvalue weighted by Gasteiger charge is 2.38. The standard InChI is InChI=1S/C17H20F2N8O.C2HF3O2/c1-26-9-12(14(24-26)15(18)19)23-16(28)13-5-4-11-8-21-17(25-27(11)13)22-10-3-2-6-20-7-10;3-2(4,5)1(6)7/h4-5,8-10,15,20H,2-3,6-7H2,1H3,(H,22,25)(H,23,28);(H,6,7)/t10-;/m1./s1. The summed E-state index contributed by atoms with van der Waals surface area (Å²) in [5.41, 5.74) is 0.334. The van der Waals surface area contributed by atoms with Crippen LogP contribution in [0.1, 0.15) is 35.4 Å². The first-order valence-electron chi connectivity index (χ1n) is 10.2. The lowest BCUT2D eigenvalue weighted by Crippen LogP contribution is -2.39. The number of carboxylic acid groups (broad SMARTS) is 1. The second-order valence-corrected chi connectivity index (χ2v) is 7.48. The number of hydrogen-bond acceptors (Lipinski definition) is 7. The fourth-order valence-corrected chi connectivity index (χ4v) is 3.25. The first kappa shape index (κ1) is 25.8. The number of piperidine rings is 1. The predicted octanol–water partition coefficient (Wildman–Crippen LogP) is 2.45. The molecule has 0 radical (unpaired) electrons. The van der Waals surface area contributed by atoms with E-state index in [1.54, 1.807) is 18.3 Å². The van der Waals surface area contributed by atoms with Gasteiger partial charge >= 0.3 is 12.1 Å². The van der Waals surface area contributed by atoms with E-state index in [0.29, 0.717) is 11.5 Å². The summed E-state index contributed by atoms with van der Waals surface area (Å²) in [6.07, 6.45) is -2.85. The Hall–Kier alpha value is -3.82. The summed E-state index contributed by atoms with van der Waals surface area (Å²) >= 11 is 0. The maximum Gasteiger partial charge on any atom is 0.490 e. The molecule has 35 heavy (non-hydrogen) atoms. The Labute approximate surface area is 194 Å². The third kappa shape index (κ3) is 6.62. The van der Waals surface area contributed by atoms with Gasteiger partial charge in [0.25, 0.3) is 12.3 Å². The summed E-state index contributed by atoms with van der Waals surface area (Å²) < 4.78 is 60.6. The molecule has 1 saturated heterocycles. The molecule has 0 saturated carbocycles. The largest absolute Gasteiger partial charge is 0.490 e. The maximum absolute atomic E-state index is 13.1. The molecule has 1 atom stereocenters. The minimum atomic E-state index is -5.08. The summed E-state index contributed by atoms with van der Waals surface area (Å²) in [6.45, 7) is 1.81. The topological polar surface area (TPSA) is 138 Å². The highest BCUT2D eigenvalue weighted by atomic mass is 19.4. The van der Waals surface area contributed by atoms with E-state index in [9.17, 15) is 26.7 Å². The third-order valence-corrected chi connectivity index (χ3v) is 4.82. The number of fused-ring (bicyclic) bond motifs is 1. The molecular weight excluding hydrogens is 483 g/mol. The minimum absolute atomic E-state index is 0.0295. The molecule has 0 aromatic carbocycles. The molecule has 0 spiro atoms. The normalized spacial score (nSPS) is 16.0. The lowest BCUT2D eigenvalue weighted by Gasteiger charge is -2.23. The van der Waals surface area contributed by atoms with Gasteiger partial charge in [-0.3, -0.25) is 9.48 Å². The van der Waals surface area contributed by atoms with Crippen LogP contribution in [0, 0.1) is 0 Å². The molecule has 0 unspecified atom stereocenters. The number of anilines is 2. The fourth-order valence-electron chi connectivity index (χ4n) is 3.25. The second-order valence-electron chi connectivity index (χ2n) is 7.48. The highest BCUT2D eigenvalue weighted by molar-refractivity contribution is 6.04. The molecule has 190 valence electrons. The zero-order chi connectivity index (χ0) is 25.8. The van der Waals surface area contributed by atoms with Gasteiger partial charge in [0.15, 0.2) is 5.69 Å². The van der Waals surface area contributed by atoms with Crippen molar-refractivity contribution in [3.63, 3.8) is 0 Å². The van der Waals surface area contributed by atoms with Gasteiger partial charge < -0.3 is 21.1 Å². The number of alkyl halides is 5. The van der Waals surface area contributed by atoms with E-state index in [0.717, 1.165) is 25.9 Å². The van der Waals surface area contributed by atoms with Crippen molar-refractivity contribution in [1.82, 2.24) is 29.7 Å². The number of halogens is 5. The summed E-state index contributed by atoms with van der Waals surface area (Å²) in [4.78, 5) is 25.8. The van der Waals surface area contributed by atoms with Gasteiger partial charge in [0, 0.05) is 25.8 Å². The van der Waals surface area contributed by atoms with E-state index in [4.69, 9.17) is 9.90 Å². The molecule has 3 aromatic rings. The first-order valence-corrected chi connectivity index (χ1v) is 10.2. The number of nitrogens with zero attached hydrogens (tertiary/aromatic N) is 5. The van der Waals surface area contributed by atoms with Crippen molar-refractivity contribution in [3.8, 4) is 0 Å². The summed E-state index contributed by atoms with van der Waals surface area (Å²) in [5, 5.41) is 24.3. The summed E-state index contributed by atoms with van der Waals surface area (Å²) in [7, 11) is 1.51. The number of aryl methyl sites for hydroxylation is 1. The van der Waals surface area contributed by atoms with Crippen molar-refractivity contribution in [2.75, 3.05) is 23.7 Å². The van der Waals surface area contributed by atoms with Crippen LogP contribution in [0.25, 0.3) is 5.52 Å². The van der Waals surface area contributed by atoms with Crippen LogP contribution in [0.2, 0.25) is 0 Å². The Balaban J connectivity index is 0.000000429. The highest BCUT2D eigenvalue weighted by Crippen LogP contribution is 2.25. The molecule has 1 aliphatic rings. The monoisotopic (exact) mass is 504 g/mol. The molecule has 4 rings (SSSR count). The van der Waals surface area contributed by atoms with Gasteiger partial charge in [0.1, 0.15) is 5.69 Å². The van der Waals surface area contributed by atoms with Crippen LogP contribution in [0.3, 0.4) is 0 Å². The van der Waals surface area contributed by atoms with Gasteiger partial charge in [-0.2, -0.15) is 18.3 Å². The van der Waals surface area contributed by atoms with Crippen LogP contribution in [0.15, 0.2) is 24.5 Å². The number of aliphatic carboxylic acids is 1. The Bertz CT molecular complexity index is 1190. The Morgan fingerprint density at radius 3 is 2.57 bits per heavy atom. The average molecular weight is 504 g/mol. The predicted molar refractivity (Wildman–Crippen MR) is 112 cm³/mol. The van der Waals surface area contributed by atoms with E-state index in [1.165, 1.54) is 22.4 Å². The zero-order valence-corrected chi connectivity index (χ0v) is 18.2. The minimum Gasteiger partial charge on any atom is -0.475 e. The lowest BCUT2D eigenvalue weighted by atomic mass is 10.1. The van der Waals surface area contributed by atoms with Gasteiger partial charge in [0.05, 0.1) is 17.4 Å². The number of carboxylic acids is 1. The van der Waals surface area contributed by atoms with E-state index < -0.39 is 30.2 Å². The summed E-state index contributed by atoms with van der Waals surface area (Å²) in [5.74, 6) is -2.91.